The van der Waals surface area contributed by atoms with Crippen LogP contribution in [-0.4, -0.2) is 19.1 Å². The van der Waals surface area contributed by atoms with Crippen molar-refractivity contribution in [2.75, 3.05) is 18.4 Å². The molecule has 0 bridgehead atoms. The first-order chi connectivity index (χ1) is 11.3. The van der Waals surface area contributed by atoms with Crippen molar-refractivity contribution in [3.63, 3.8) is 0 Å². The highest BCUT2D eigenvalue weighted by molar-refractivity contribution is 5.50. The molecule has 1 aliphatic heterocycles. The maximum absolute atomic E-state index is 3.88. The molecule has 1 aromatic rings. The van der Waals surface area contributed by atoms with E-state index in [4.69, 9.17) is 0 Å². The van der Waals surface area contributed by atoms with Crippen molar-refractivity contribution in [2.45, 2.75) is 58.4 Å². The monoisotopic (exact) mass is 314 g/mol. The van der Waals surface area contributed by atoms with Gasteiger partial charge in [-0.15, -0.1) is 13.2 Å². The highest BCUT2D eigenvalue weighted by Crippen LogP contribution is 2.21. The molecule has 0 saturated heterocycles. The Kier molecular flexibility index (Phi) is 10.1. The van der Waals surface area contributed by atoms with Gasteiger partial charge in [0.15, 0.2) is 0 Å². The van der Waals surface area contributed by atoms with E-state index in [-0.39, 0.29) is 0 Å². The number of fused-ring (bicyclic) bond motifs is 1. The lowest BCUT2D eigenvalue weighted by molar-refractivity contribution is 0.627. The molecule has 2 N–H and O–H groups in total. The molecule has 1 heterocycles. The van der Waals surface area contributed by atoms with Gasteiger partial charge in [0.1, 0.15) is 0 Å². The van der Waals surface area contributed by atoms with Gasteiger partial charge < -0.3 is 10.6 Å². The topological polar surface area (TPSA) is 24.1 Å². The third-order valence-corrected chi connectivity index (χ3v) is 4.13. The Morgan fingerprint density at radius 3 is 2.57 bits per heavy atom. The second-order valence-corrected chi connectivity index (χ2v) is 5.82. The normalized spacial score (nSPS) is 14.5. The highest BCUT2D eigenvalue weighted by Gasteiger charge is 2.10. The Labute approximate surface area is 143 Å². The van der Waals surface area contributed by atoms with Crippen molar-refractivity contribution < 1.29 is 0 Å². The van der Waals surface area contributed by atoms with E-state index < -0.39 is 0 Å². The smallest absolute Gasteiger partial charge is 0.0345 e. The average molecular weight is 315 g/mol. The maximum Gasteiger partial charge on any atom is 0.0345 e. The molecular formula is C21H34N2. The molecule has 0 saturated carbocycles. The summed E-state index contributed by atoms with van der Waals surface area (Å²) in [6.45, 7) is 13.9. The number of hydrogen-bond acceptors (Lipinski definition) is 2. The zero-order valence-electron chi connectivity index (χ0n) is 15.0. The van der Waals surface area contributed by atoms with Gasteiger partial charge in [0.25, 0.3) is 0 Å². The Morgan fingerprint density at radius 2 is 1.87 bits per heavy atom. The zero-order valence-corrected chi connectivity index (χ0v) is 15.0. The molecule has 0 fully saturated rings. The Bertz CT molecular complexity index is 465. The summed E-state index contributed by atoms with van der Waals surface area (Å²) in [7, 11) is 0. The third kappa shape index (κ3) is 7.04. The fourth-order valence-corrected chi connectivity index (χ4v) is 2.96. The number of rotatable bonds is 8. The molecular weight excluding hydrogens is 280 g/mol. The second kappa shape index (κ2) is 12.0. The van der Waals surface area contributed by atoms with Gasteiger partial charge in [-0.05, 0) is 74.9 Å². The van der Waals surface area contributed by atoms with Gasteiger partial charge in [-0.2, -0.15) is 0 Å². The molecule has 0 spiro atoms. The van der Waals surface area contributed by atoms with E-state index in [2.05, 4.69) is 42.0 Å². The summed E-state index contributed by atoms with van der Waals surface area (Å²) in [5.41, 5.74) is 4.24. The lowest BCUT2D eigenvalue weighted by Crippen LogP contribution is -2.18. The Hall–Kier alpha value is -1.54. The lowest BCUT2D eigenvalue weighted by atomic mass is 10.0. The van der Waals surface area contributed by atoms with E-state index in [1.54, 1.807) is 0 Å². The van der Waals surface area contributed by atoms with E-state index in [1.165, 1.54) is 23.2 Å². The summed E-state index contributed by atoms with van der Waals surface area (Å²) in [4.78, 5) is 0. The van der Waals surface area contributed by atoms with E-state index in [9.17, 15) is 0 Å². The summed E-state index contributed by atoms with van der Waals surface area (Å²) in [6.07, 6.45) is 10.7. The van der Waals surface area contributed by atoms with Crippen LogP contribution in [0.1, 0.15) is 50.7 Å². The molecule has 2 rings (SSSR count). The van der Waals surface area contributed by atoms with Crippen LogP contribution in [0, 0.1) is 0 Å². The van der Waals surface area contributed by atoms with Gasteiger partial charge in [0, 0.05) is 11.7 Å². The van der Waals surface area contributed by atoms with Crippen LogP contribution >= 0.6 is 0 Å². The van der Waals surface area contributed by atoms with Gasteiger partial charge in [-0.3, -0.25) is 0 Å². The standard InChI is InChI=1S/C19H28N2.C2H6/c1-3-5-6-8-18(7-4-2)21-19-10-9-16-11-13-20-14-12-17(16)15-19;1-2/h3-4,9-10,15,18,20-21H,1-2,5-8,11-14H2;1-2H3. The number of hydrogen-bond donors (Lipinski definition) is 2. The molecule has 0 aliphatic carbocycles. The van der Waals surface area contributed by atoms with Crippen molar-refractivity contribution in [1.29, 1.82) is 0 Å². The number of unbranched alkanes of at least 4 members (excludes halogenated alkanes) is 1. The molecule has 0 amide bonds. The maximum atomic E-state index is 3.88. The van der Waals surface area contributed by atoms with Crippen molar-refractivity contribution in [1.82, 2.24) is 5.32 Å². The van der Waals surface area contributed by atoms with Gasteiger partial charge in [-0.1, -0.05) is 32.1 Å². The quantitative estimate of drug-likeness (QED) is 0.514. The molecule has 1 aliphatic rings. The van der Waals surface area contributed by atoms with E-state index >= 15 is 0 Å². The van der Waals surface area contributed by atoms with Crippen LogP contribution in [-0.2, 0) is 12.8 Å². The fourth-order valence-electron chi connectivity index (χ4n) is 2.96. The average Bonchev–Trinajstić information content (AvgIpc) is 2.82. The van der Waals surface area contributed by atoms with Crippen molar-refractivity contribution in [3.8, 4) is 0 Å². The third-order valence-electron chi connectivity index (χ3n) is 4.13. The van der Waals surface area contributed by atoms with Crippen LogP contribution in [0.15, 0.2) is 43.5 Å². The van der Waals surface area contributed by atoms with Crippen molar-refractivity contribution in [3.05, 3.63) is 54.6 Å². The first-order valence-corrected chi connectivity index (χ1v) is 9.14. The van der Waals surface area contributed by atoms with Crippen LogP contribution < -0.4 is 10.6 Å². The van der Waals surface area contributed by atoms with Gasteiger partial charge in [-0.25, -0.2) is 0 Å². The first-order valence-electron chi connectivity index (χ1n) is 9.14. The number of nitrogens with one attached hydrogen (secondary N) is 2. The van der Waals surface area contributed by atoms with Crippen molar-refractivity contribution >= 4 is 5.69 Å². The molecule has 1 unspecified atom stereocenters. The van der Waals surface area contributed by atoms with Crippen LogP contribution in [0.3, 0.4) is 0 Å². The first kappa shape index (κ1) is 19.5. The van der Waals surface area contributed by atoms with Gasteiger partial charge in [0.2, 0.25) is 0 Å². The number of allylic oxidation sites excluding steroid dienone is 1. The molecule has 128 valence electrons. The predicted molar refractivity (Wildman–Crippen MR) is 104 cm³/mol. The summed E-state index contributed by atoms with van der Waals surface area (Å²) in [5, 5.41) is 7.15. The summed E-state index contributed by atoms with van der Waals surface area (Å²) >= 11 is 0. The van der Waals surface area contributed by atoms with E-state index in [0.717, 1.165) is 45.2 Å². The molecule has 1 aromatic carbocycles. The fraction of sp³-hybridized carbons (Fsp3) is 0.524. The van der Waals surface area contributed by atoms with E-state index in [0.29, 0.717) is 6.04 Å². The predicted octanol–water partition coefficient (Wildman–Crippen LogP) is 5.11. The summed E-state index contributed by atoms with van der Waals surface area (Å²) in [5.74, 6) is 0. The molecule has 2 nitrogen and oxygen atoms in total. The SMILES string of the molecule is C=CCCCC(CC=C)Nc1ccc2c(c1)CCNCC2.CC. The lowest BCUT2D eigenvalue weighted by Gasteiger charge is -2.19. The largest absolute Gasteiger partial charge is 0.382 e. The minimum absolute atomic E-state index is 0.476. The molecule has 0 radical (unpaired) electrons. The minimum atomic E-state index is 0.476. The van der Waals surface area contributed by atoms with Gasteiger partial charge in [0.05, 0.1) is 0 Å². The molecule has 23 heavy (non-hydrogen) atoms. The minimum Gasteiger partial charge on any atom is -0.382 e. The number of benzene rings is 1. The van der Waals surface area contributed by atoms with Gasteiger partial charge >= 0.3 is 0 Å². The Balaban J connectivity index is 0.00000127. The molecule has 1 atom stereocenters. The molecule has 0 aromatic heterocycles. The summed E-state index contributed by atoms with van der Waals surface area (Å²) < 4.78 is 0. The Morgan fingerprint density at radius 1 is 1.13 bits per heavy atom. The zero-order chi connectivity index (χ0) is 16.9. The van der Waals surface area contributed by atoms with Crippen LogP contribution in [0.4, 0.5) is 5.69 Å². The second-order valence-electron chi connectivity index (χ2n) is 5.82. The highest BCUT2D eigenvalue weighted by atomic mass is 14.9. The van der Waals surface area contributed by atoms with Crippen molar-refractivity contribution in [2.24, 2.45) is 0 Å². The molecule has 2 heteroatoms. The van der Waals surface area contributed by atoms with Crippen LogP contribution in [0.25, 0.3) is 0 Å². The van der Waals surface area contributed by atoms with E-state index in [1.807, 2.05) is 26.0 Å². The van der Waals surface area contributed by atoms with Crippen LogP contribution in [0.2, 0.25) is 0 Å². The number of anilines is 1. The summed E-state index contributed by atoms with van der Waals surface area (Å²) in [6, 6.07) is 7.34. The van der Waals surface area contributed by atoms with Crippen LogP contribution in [0.5, 0.6) is 0 Å².